The number of aliphatic hydroxyl groups is 1. The predicted molar refractivity (Wildman–Crippen MR) is 51.8 cm³/mol. The topological polar surface area (TPSA) is 74.6 Å². The average Bonchev–Trinajstić information content (AvgIpc) is 2.18. The van der Waals surface area contributed by atoms with Crippen molar-refractivity contribution in [2.24, 2.45) is 0 Å². The molecule has 0 fully saturated rings. The zero-order valence-electron chi connectivity index (χ0n) is 7.34. The van der Waals surface area contributed by atoms with Gasteiger partial charge in [0.15, 0.2) is 0 Å². The van der Waals surface area contributed by atoms with E-state index in [9.17, 15) is 9.00 Å². The van der Waals surface area contributed by atoms with E-state index in [-0.39, 0.29) is 22.8 Å². The molecule has 0 radical (unpaired) electrons. The molecule has 0 aliphatic heterocycles. The number of benzene rings is 1. The van der Waals surface area contributed by atoms with Crippen molar-refractivity contribution in [2.75, 3.05) is 12.4 Å². The molecule has 0 amide bonds. The second-order valence-corrected chi connectivity index (χ2v) is 4.11. The van der Waals surface area contributed by atoms with Gasteiger partial charge in [-0.2, -0.15) is 0 Å². The largest absolute Gasteiger partial charge is 0.478 e. The Labute approximate surface area is 83.7 Å². The third-order valence-electron chi connectivity index (χ3n) is 1.64. The molecule has 0 bridgehead atoms. The number of aliphatic hydroxyl groups excluding tert-OH is 1. The van der Waals surface area contributed by atoms with Crippen molar-refractivity contribution in [3.8, 4) is 0 Å². The van der Waals surface area contributed by atoms with E-state index in [1.165, 1.54) is 12.1 Å². The molecule has 14 heavy (non-hydrogen) atoms. The Morgan fingerprint density at radius 3 is 2.57 bits per heavy atom. The quantitative estimate of drug-likeness (QED) is 0.764. The first-order chi connectivity index (χ1) is 6.66. The van der Waals surface area contributed by atoms with Crippen LogP contribution in [0.1, 0.15) is 10.4 Å². The van der Waals surface area contributed by atoms with Crippen LogP contribution in [0.3, 0.4) is 0 Å². The Bertz CT molecular complexity index is 362. The van der Waals surface area contributed by atoms with Crippen LogP contribution in [0.15, 0.2) is 29.2 Å². The highest BCUT2D eigenvalue weighted by molar-refractivity contribution is 7.85. The molecule has 1 aromatic carbocycles. The fourth-order valence-corrected chi connectivity index (χ4v) is 2.05. The molecule has 0 aliphatic rings. The molecule has 1 aromatic rings. The maximum atomic E-state index is 11.5. The SMILES string of the molecule is O=C(O)c1ccccc1[S@@](=O)CCO. The van der Waals surface area contributed by atoms with Crippen molar-refractivity contribution < 1.29 is 19.2 Å². The average molecular weight is 214 g/mol. The molecule has 5 heteroatoms. The number of rotatable bonds is 4. The number of carboxylic acid groups (broad SMARTS) is 1. The second kappa shape index (κ2) is 4.88. The van der Waals surface area contributed by atoms with Gasteiger partial charge in [-0.15, -0.1) is 0 Å². The highest BCUT2D eigenvalue weighted by atomic mass is 32.2. The lowest BCUT2D eigenvalue weighted by molar-refractivity contribution is 0.0693. The first-order valence-electron chi connectivity index (χ1n) is 3.98. The summed E-state index contributed by atoms with van der Waals surface area (Å²) in [6, 6.07) is 6.09. The van der Waals surface area contributed by atoms with Crippen molar-refractivity contribution in [3.05, 3.63) is 29.8 Å². The standard InChI is InChI=1S/C9H10O4S/c10-5-6-14(13)8-4-2-1-3-7(8)9(11)12/h1-4,10H,5-6H2,(H,11,12)/t14-/m0/s1. The first-order valence-corrected chi connectivity index (χ1v) is 5.30. The molecule has 0 saturated carbocycles. The van der Waals surface area contributed by atoms with Gasteiger partial charge in [0.05, 0.1) is 33.6 Å². The maximum Gasteiger partial charge on any atom is 0.336 e. The molecule has 76 valence electrons. The molecule has 0 saturated heterocycles. The van der Waals surface area contributed by atoms with Crippen LogP contribution in [0.25, 0.3) is 0 Å². The predicted octanol–water partition coefficient (Wildman–Crippen LogP) is 0.485. The van der Waals surface area contributed by atoms with Crippen LogP contribution in [0.2, 0.25) is 0 Å². The summed E-state index contributed by atoms with van der Waals surface area (Å²) in [7, 11) is -1.45. The molecule has 0 aliphatic carbocycles. The summed E-state index contributed by atoms with van der Waals surface area (Å²) < 4.78 is 11.5. The summed E-state index contributed by atoms with van der Waals surface area (Å²) in [6.45, 7) is -0.222. The molecule has 1 atom stereocenters. The third kappa shape index (κ3) is 2.40. The number of carbonyl (C=O) groups is 1. The molecule has 0 aromatic heterocycles. The fourth-order valence-electron chi connectivity index (χ4n) is 1.03. The van der Waals surface area contributed by atoms with Crippen LogP contribution >= 0.6 is 0 Å². The monoisotopic (exact) mass is 214 g/mol. The highest BCUT2D eigenvalue weighted by Crippen LogP contribution is 2.13. The summed E-state index contributed by atoms with van der Waals surface area (Å²) >= 11 is 0. The molecule has 4 nitrogen and oxygen atoms in total. The van der Waals surface area contributed by atoms with Crippen molar-refractivity contribution in [1.29, 1.82) is 0 Å². The highest BCUT2D eigenvalue weighted by Gasteiger charge is 2.13. The molecule has 1 rings (SSSR count). The van der Waals surface area contributed by atoms with Gasteiger partial charge in [-0.3, -0.25) is 4.21 Å². The van der Waals surface area contributed by atoms with Crippen LogP contribution in [-0.4, -0.2) is 32.8 Å². The minimum atomic E-state index is -1.45. The Balaban J connectivity index is 3.07. The van der Waals surface area contributed by atoms with E-state index in [1.807, 2.05) is 0 Å². The molecule has 0 unspecified atom stereocenters. The molecular weight excluding hydrogens is 204 g/mol. The van der Waals surface area contributed by atoms with E-state index >= 15 is 0 Å². The zero-order valence-corrected chi connectivity index (χ0v) is 8.16. The Kier molecular flexibility index (Phi) is 3.79. The number of aromatic carboxylic acids is 1. The van der Waals surface area contributed by atoms with Gasteiger partial charge in [-0.25, -0.2) is 4.79 Å². The van der Waals surface area contributed by atoms with Gasteiger partial charge in [0.25, 0.3) is 0 Å². The lowest BCUT2D eigenvalue weighted by Gasteiger charge is -2.03. The third-order valence-corrected chi connectivity index (χ3v) is 3.04. The van der Waals surface area contributed by atoms with E-state index in [4.69, 9.17) is 10.2 Å². The van der Waals surface area contributed by atoms with Crippen LogP contribution in [0, 0.1) is 0 Å². The number of hydrogen-bond donors (Lipinski definition) is 2. The van der Waals surface area contributed by atoms with Crippen LogP contribution < -0.4 is 0 Å². The fraction of sp³-hybridized carbons (Fsp3) is 0.222. The van der Waals surface area contributed by atoms with Gasteiger partial charge in [0.1, 0.15) is 0 Å². The Morgan fingerprint density at radius 2 is 2.00 bits per heavy atom. The second-order valence-electron chi connectivity index (χ2n) is 2.57. The van der Waals surface area contributed by atoms with Gasteiger partial charge in [0.2, 0.25) is 0 Å². The first kappa shape index (κ1) is 10.9. The summed E-state index contributed by atoms with van der Waals surface area (Å²) in [5.41, 5.74) is 0.0271. The minimum absolute atomic E-state index is 0.0271. The zero-order chi connectivity index (χ0) is 10.6. The lowest BCUT2D eigenvalue weighted by atomic mass is 10.2. The van der Waals surface area contributed by atoms with Crippen LogP contribution in [-0.2, 0) is 10.8 Å². The van der Waals surface area contributed by atoms with Crippen LogP contribution in [0.5, 0.6) is 0 Å². The van der Waals surface area contributed by atoms with Crippen molar-refractivity contribution in [2.45, 2.75) is 4.90 Å². The number of carboxylic acids is 1. The summed E-state index contributed by atoms with van der Waals surface area (Å²) in [5, 5.41) is 17.4. The van der Waals surface area contributed by atoms with Gasteiger partial charge < -0.3 is 10.2 Å². The molecule has 0 spiro atoms. The minimum Gasteiger partial charge on any atom is -0.478 e. The van der Waals surface area contributed by atoms with Gasteiger partial charge >= 0.3 is 5.97 Å². The van der Waals surface area contributed by atoms with E-state index in [1.54, 1.807) is 12.1 Å². The van der Waals surface area contributed by atoms with Crippen molar-refractivity contribution in [1.82, 2.24) is 0 Å². The summed E-state index contributed by atoms with van der Waals surface area (Å²) in [4.78, 5) is 11.0. The number of hydrogen-bond acceptors (Lipinski definition) is 3. The summed E-state index contributed by atoms with van der Waals surface area (Å²) in [6.07, 6.45) is 0. The van der Waals surface area contributed by atoms with Gasteiger partial charge in [0, 0.05) is 0 Å². The molecular formula is C9H10O4S. The summed E-state index contributed by atoms with van der Waals surface area (Å²) in [5.74, 6) is -1.04. The van der Waals surface area contributed by atoms with E-state index in [0.717, 1.165) is 0 Å². The lowest BCUT2D eigenvalue weighted by Crippen LogP contribution is -2.08. The van der Waals surface area contributed by atoms with E-state index in [2.05, 4.69) is 0 Å². The van der Waals surface area contributed by atoms with E-state index < -0.39 is 16.8 Å². The van der Waals surface area contributed by atoms with Gasteiger partial charge in [-0.1, -0.05) is 12.1 Å². The van der Waals surface area contributed by atoms with Crippen molar-refractivity contribution in [3.63, 3.8) is 0 Å². The maximum absolute atomic E-state index is 11.5. The van der Waals surface area contributed by atoms with E-state index in [0.29, 0.717) is 0 Å². The van der Waals surface area contributed by atoms with Crippen LogP contribution in [0.4, 0.5) is 0 Å². The Morgan fingerprint density at radius 1 is 1.36 bits per heavy atom. The normalized spacial score (nSPS) is 12.4. The molecule has 0 heterocycles. The smallest absolute Gasteiger partial charge is 0.336 e. The Hall–Kier alpha value is -1.20. The van der Waals surface area contributed by atoms with Crippen molar-refractivity contribution >= 4 is 16.8 Å². The molecule has 2 N–H and O–H groups in total. The van der Waals surface area contributed by atoms with Gasteiger partial charge in [-0.05, 0) is 12.1 Å².